The lowest BCUT2D eigenvalue weighted by Crippen LogP contribution is -2.66. The largest absolute Gasteiger partial charge is 0.378 e. The molecule has 8 heteroatoms. The third-order valence-electron chi connectivity index (χ3n) is 4.17. The Labute approximate surface area is 125 Å². The SMILES string of the molecule is CC(C)N1C2COCC1CN(S(=O)(=O)c1cn(C)cn1)C2. The summed E-state index contributed by atoms with van der Waals surface area (Å²) >= 11 is 0. The van der Waals surface area contributed by atoms with E-state index in [1.54, 1.807) is 22.1 Å². The number of imidazole rings is 1. The molecule has 0 aliphatic carbocycles. The van der Waals surface area contributed by atoms with Gasteiger partial charge in [-0.25, -0.2) is 13.4 Å². The van der Waals surface area contributed by atoms with Gasteiger partial charge in [-0.2, -0.15) is 4.31 Å². The van der Waals surface area contributed by atoms with E-state index in [1.165, 1.54) is 6.33 Å². The van der Waals surface area contributed by atoms with Gasteiger partial charge in [0, 0.05) is 44.5 Å². The van der Waals surface area contributed by atoms with Gasteiger partial charge in [-0.05, 0) is 13.8 Å². The van der Waals surface area contributed by atoms with E-state index in [1.807, 2.05) is 0 Å². The maximum atomic E-state index is 12.7. The average molecular weight is 314 g/mol. The van der Waals surface area contributed by atoms with Crippen LogP contribution in [0.4, 0.5) is 0 Å². The molecule has 0 amide bonds. The molecule has 3 heterocycles. The number of piperazine rings is 1. The molecule has 7 nitrogen and oxygen atoms in total. The minimum Gasteiger partial charge on any atom is -0.378 e. The fourth-order valence-electron chi connectivity index (χ4n) is 3.34. The van der Waals surface area contributed by atoms with E-state index in [2.05, 4.69) is 23.7 Å². The van der Waals surface area contributed by atoms with E-state index in [-0.39, 0.29) is 17.1 Å². The van der Waals surface area contributed by atoms with Crippen LogP contribution in [0.3, 0.4) is 0 Å². The third kappa shape index (κ3) is 2.61. The Bertz CT molecular complexity index is 599. The van der Waals surface area contributed by atoms with Crippen molar-refractivity contribution in [1.82, 2.24) is 18.8 Å². The quantitative estimate of drug-likeness (QED) is 0.779. The minimum atomic E-state index is -3.51. The number of aromatic nitrogens is 2. The summed E-state index contributed by atoms with van der Waals surface area (Å²) < 4.78 is 34.2. The Balaban J connectivity index is 1.86. The highest BCUT2D eigenvalue weighted by Crippen LogP contribution is 2.27. The van der Waals surface area contributed by atoms with Crippen molar-refractivity contribution in [2.75, 3.05) is 26.3 Å². The van der Waals surface area contributed by atoms with Crippen LogP contribution in [-0.4, -0.2) is 71.6 Å². The average Bonchev–Trinajstić information content (AvgIpc) is 2.84. The van der Waals surface area contributed by atoms with E-state index < -0.39 is 10.0 Å². The van der Waals surface area contributed by atoms with Crippen LogP contribution < -0.4 is 0 Å². The zero-order chi connectivity index (χ0) is 15.2. The molecule has 0 N–H and O–H groups in total. The number of rotatable bonds is 3. The highest BCUT2D eigenvalue weighted by molar-refractivity contribution is 7.89. The lowest BCUT2D eigenvalue weighted by Gasteiger charge is -2.50. The summed E-state index contributed by atoms with van der Waals surface area (Å²) in [4.78, 5) is 6.38. The maximum Gasteiger partial charge on any atom is 0.262 e. The molecule has 1 aromatic heterocycles. The summed E-state index contributed by atoms with van der Waals surface area (Å²) in [5.41, 5.74) is 0. The van der Waals surface area contributed by atoms with Crippen molar-refractivity contribution in [2.24, 2.45) is 7.05 Å². The molecule has 0 aromatic carbocycles. The first kappa shape index (κ1) is 15.0. The van der Waals surface area contributed by atoms with Crippen molar-refractivity contribution in [1.29, 1.82) is 0 Å². The van der Waals surface area contributed by atoms with Gasteiger partial charge in [0.2, 0.25) is 0 Å². The number of hydrogen-bond donors (Lipinski definition) is 0. The highest BCUT2D eigenvalue weighted by atomic mass is 32.2. The molecule has 2 unspecified atom stereocenters. The number of nitrogens with zero attached hydrogens (tertiary/aromatic N) is 4. The van der Waals surface area contributed by atoms with E-state index >= 15 is 0 Å². The molecule has 3 rings (SSSR count). The van der Waals surface area contributed by atoms with E-state index in [4.69, 9.17) is 4.74 Å². The van der Waals surface area contributed by atoms with Gasteiger partial charge in [0.25, 0.3) is 10.0 Å². The standard InChI is InChI=1S/C13H22N4O3S/c1-10(2)17-11-4-16(5-12(17)8-20-7-11)21(18,19)13-6-15(3)9-14-13/h6,9-12H,4-5,7-8H2,1-3H3. The Kier molecular flexibility index (Phi) is 3.81. The van der Waals surface area contributed by atoms with E-state index in [9.17, 15) is 8.42 Å². The van der Waals surface area contributed by atoms with Crippen molar-refractivity contribution in [2.45, 2.75) is 37.0 Å². The topological polar surface area (TPSA) is 67.7 Å². The summed E-state index contributed by atoms with van der Waals surface area (Å²) in [6, 6.07) is 0.635. The molecule has 0 spiro atoms. The van der Waals surface area contributed by atoms with Crippen molar-refractivity contribution < 1.29 is 13.2 Å². The third-order valence-corrected chi connectivity index (χ3v) is 5.89. The molecule has 2 fully saturated rings. The van der Waals surface area contributed by atoms with Crippen LogP contribution in [0.15, 0.2) is 17.6 Å². The van der Waals surface area contributed by atoms with Crippen LogP contribution >= 0.6 is 0 Å². The fraction of sp³-hybridized carbons (Fsp3) is 0.769. The zero-order valence-electron chi connectivity index (χ0n) is 12.6. The summed E-state index contributed by atoms with van der Waals surface area (Å²) in [5.74, 6) is 0. The van der Waals surface area contributed by atoms with Crippen molar-refractivity contribution in [3.63, 3.8) is 0 Å². The van der Waals surface area contributed by atoms with Gasteiger partial charge >= 0.3 is 0 Å². The van der Waals surface area contributed by atoms with Crippen LogP contribution in [0.1, 0.15) is 13.8 Å². The number of fused-ring (bicyclic) bond motifs is 2. The van der Waals surface area contributed by atoms with Crippen LogP contribution in [0, 0.1) is 0 Å². The Morgan fingerprint density at radius 3 is 2.38 bits per heavy atom. The van der Waals surface area contributed by atoms with E-state index in [0.29, 0.717) is 32.3 Å². The van der Waals surface area contributed by atoms with Crippen LogP contribution in [0.2, 0.25) is 0 Å². The smallest absolute Gasteiger partial charge is 0.262 e. The number of morpholine rings is 1. The van der Waals surface area contributed by atoms with Gasteiger partial charge in [-0.3, -0.25) is 4.90 Å². The normalized spacial score (nSPS) is 28.2. The van der Waals surface area contributed by atoms with Crippen LogP contribution in [-0.2, 0) is 21.8 Å². The van der Waals surface area contributed by atoms with Gasteiger partial charge in [0.05, 0.1) is 19.5 Å². The van der Waals surface area contributed by atoms with Gasteiger partial charge in [0.1, 0.15) is 0 Å². The van der Waals surface area contributed by atoms with Crippen LogP contribution in [0.5, 0.6) is 0 Å². The van der Waals surface area contributed by atoms with Crippen LogP contribution in [0.25, 0.3) is 0 Å². The van der Waals surface area contributed by atoms with Crippen molar-refractivity contribution in [3.8, 4) is 0 Å². The molecule has 0 saturated carbocycles. The van der Waals surface area contributed by atoms with Crippen molar-refractivity contribution in [3.05, 3.63) is 12.5 Å². The first-order valence-corrected chi connectivity index (χ1v) is 8.67. The molecule has 2 saturated heterocycles. The molecule has 2 atom stereocenters. The van der Waals surface area contributed by atoms with Crippen molar-refractivity contribution >= 4 is 10.0 Å². The molecule has 2 aliphatic heterocycles. The fourth-order valence-corrected chi connectivity index (χ4v) is 4.82. The first-order valence-electron chi connectivity index (χ1n) is 7.23. The molecule has 0 radical (unpaired) electrons. The second-order valence-electron chi connectivity index (χ2n) is 6.09. The summed E-state index contributed by atoms with van der Waals surface area (Å²) in [6.07, 6.45) is 3.07. The Hall–Kier alpha value is -0.960. The molecule has 2 aliphatic rings. The first-order chi connectivity index (χ1) is 9.89. The molecule has 118 valence electrons. The number of hydrogen-bond acceptors (Lipinski definition) is 5. The summed E-state index contributed by atoms with van der Waals surface area (Å²) in [6.45, 7) is 6.40. The molecular formula is C13H22N4O3S. The van der Waals surface area contributed by atoms with E-state index in [0.717, 1.165) is 0 Å². The minimum absolute atomic E-state index is 0.121. The molecule has 2 bridgehead atoms. The lowest BCUT2D eigenvalue weighted by molar-refractivity contribution is -0.0951. The number of ether oxygens (including phenoxy) is 1. The van der Waals surface area contributed by atoms with Gasteiger partial charge in [-0.15, -0.1) is 0 Å². The zero-order valence-corrected chi connectivity index (χ0v) is 13.5. The van der Waals surface area contributed by atoms with Gasteiger partial charge in [0.15, 0.2) is 5.03 Å². The predicted molar refractivity (Wildman–Crippen MR) is 77.3 cm³/mol. The second kappa shape index (κ2) is 5.35. The lowest BCUT2D eigenvalue weighted by atomic mass is 10.0. The monoisotopic (exact) mass is 314 g/mol. The Morgan fingerprint density at radius 1 is 1.29 bits per heavy atom. The molecular weight excluding hydrogens is 292 g/mol. The number of aryl methyl sites for hydroxylation is 1. The Morgan fingerprint density at radius 2 is 1.90 bits per heavy atom. The highest BCUT2D eigenvalue weighted by Gasteiger charge is 2.43. The predicted octanol–water partition coefficient (Wildman–Crippen LogP) is -0.0978. The van der Waals surface area contributed by atoms with Gasteiger partial charge < -0.3 is 9.30 Å². The number of sulfonamides is 1. The summed E-state index contributed by atoms with van der Waals surface area (Å²) in [5, 5.41) is 0.127. The summed E-state index contributed by atoms with van der Waals surface area (Å²) in [7, 11) is -1.74. The maximum absolute atomic E-state index is 12.7. The second-order valence-corrected chi connectivity index (χ2v) is 7.97. The molecule has 1 aromatic rings. The molecule has 21 heavy (non-hydrogen) atoms. The van der Waals surface area contributed by atoms with Gasteiger partial charge in [-0.1, -0.05) is 0 Å².